The van der Waals surface area contributed by atoms with Crippen LogP contribution < -0.4 is 10.2 Å². The summed E-state index contributed by atoms with van der Waals surface area (Å²) in [6.07, 6.45) is 6.76. The molecule has 0 bridgehead atoms. The Balaban J connectivity index is 1.37. The maximum Gasteiger partial charge on any atom is 0.272 e. The van der Waals surface area contributed by atoms with Crippen LogP contribution in [-0.2, 0) is 0 Å². The highest BCUT2D eigenvalue weighted by Gasteiger charge is 2.23. The van der Waals surface area contributed by atoms with Crippen molar-refractivity contribution in [2.45, 2.75) is 31.7 Å². The molecular weight excluding hydrogens is 324 g/mol. The van der Waals surface area contributed by atoms with Gasteiger partial charge in [0.05, 0.1) is 0 Å². The second-order valence-corrected chi connectivity index (χ2v) is 7.17. The fourth-order valence-corrected chi connectivity index (χ4v) is 3.91. The Bertz CT molecular complexity index is 735. The van der Waals surface area contributed by atoms with Crippen LogP contribution in [0.4, 0.5) is 11.4 Å². The van der Waals surface area contributed by atoms with Gasteiger partial charge < -0.3 is 15.1 Å². The van der Waals surface area contributed by atoms with E-state index in [0.717, 1.165) is 31.9 Å². The minimum atomic E-state index is 0.0350. The van der Waals surface area contributed by atoms with Gasteiger partial charge in [-0.15, -0.1) is 0 Å². The highest BCUT2D eigenvalue weighted by molar-refractivity contribution is 5.93. The predicted molar refractivity (Wildman–Crippen MR) is 105 cm³/mol. The lowest BCUT2D eigenvalue weighted by Crippen LogP contribution is -2.49. The third kappa shape index (κ3) is 3.82. The Kier molecular flexibility index (Phi) is 5.04. The van der Waals surface area contributed by atoms with Gasteiger partial charge >= 0.3 is 0 Å². The van der Waals surface area contributed by atoms with Gasteiger partial charge in [0.2, 0.25) is 0 Å². The Hall–Kier alpha value is -2.56. The van der Waals surface area contributed by atoms with Gasteiger partial charge in [0.1, 0.15) is 5.69 Å². The summed E-state index contributed by atoms with van der Waals surface area (Å²) >= 11 is 0. The summed E-state index contributed by atoms with van der Waals surface area (Å²) < 4.78 is 0. The molecule has 0 unspecified atom stereocenters. The number of aromatic nitrogens is 1. The lowest BCUT2D eigenvalue weighted by Gasteiger charge is -2.36. The Labute approximate surface area is 155 Å². The van der Waals surface area contributed by atoms with Gasteiger partial charge in [-0.2, -0.15) is 0 Å². The first-order valence-corrected chi connectivity index (χ1v) is 9.61. The van der Waals surface area contributed by atoms with Gasteiger partial charge in [-0.05, 0) is 37.1 Å². The van der Waals surface area contributed by atoms with Gasteiger partial charge in [0, 0.05) is 49.8 Å². The number of rotatable bonds is 4. The third-order valence-corrected chi connectivity index (χ3v) is 5.39. The van der Waals surface area contributed by atoms with Crippen LogP contribution in [0.15, 0.2) is 48.7 Å². The molecule has 2 fully saturated rings. The van der Waals surface area contributed by atoms with E-state index in [2.05, 4.69) is 39.5 Å². The molecule has 1 aromatic heterocycles. The molecule has 1 saturated carbocycles. The van der Waals surface area contributed by atoms with Crippen LogP contribution in [0.1, 0.15) is 36.2 Å². The van der Waals surface area contributed by atoms with E-state index in [1.165, 1.54) is 31.4 Å². The zero-order valence-corrected chi connectivity index (χ0v) is 15.1. The van der Waals surface area contributed by atoms with Crippen molar-refractivity contribution in [3.63, 3.8) is 0 Å². The molecule has 4 rings (SSSR count). The molecule has 2 heterocycles. The van der Waals surface area contributed by atoms with Crippen LogP contribution in [0.2, 0.25) is 0 Å². The summed E-state index contributed by atoms with van der Waals surface area (Å²) in [7, 11) is 0. The van der Waals surface area contributed by atoms with Crippen molar-refractivity contribution in [2.24, 2.45) is 0 Å². The van der Waals surface area contributed by atoms with Crippen LogP contribution in [0, 0.1) is 0 Å². The summed E-state index contributed by atoms with van der Waals surface area (Å²) in [6, 6.07) is 14.8. The minimum absolute atomic E-state index is 0.0350. The molecule has 1 amide bonds. The number of nitrogens with zero attached hydrogens (tertiary/aromatic N) is 3. The van der Waals surface area contributed by atoms with E-state index in [1.54, 1.807) is 6.20 Å². The van der Waals surface area contributed by atoms with Crippen molar-refractivity contribution in [3.8, 4) is 0 Å². The first-order chi connectivity index (χ1) is 12.8. The Morgan fingerprint density at radius 3 is 2.46 bits per heavy atom. The van der Waals surface area contributed by atoms with Crippen molar-refractivity contribution in [1.29, 1.82) is 0 Å². The molecular formula is C21H26N4O. The van der Waals surface area contributed by atoms with Crippen LogP contribution in [-0.4, -0.2) is 48.0 Å². The number of hydrogen-bond acceptors (Lipinski definition) is 4. The zero-order chi connectivity index (χ0) is 17.8. The van der Waals surface area contributed by atoms with Gasteiger partial charge in [0.15, 0.2) is 0 Å². The number of hydrogen-bond donors (Lipinski definition) is 1. The van der Waals surface area contributed by atoms with E-state index in [-0.39, 0.29) is 5.91 Å². The first kappa shape index (κ1) is 16.9. The number of nitrogens with one attached hydrogen (secondary N) is 1. The second-order valence-electron chi connectivity index (χ2n) is 7.17. The molecule has 1 N–H and O–H groups in total. The first-order valence-electron chi connectivity index (χ1n) is 9.61. The molecule has 2 aromatic rings. The van der Waals surface area contributed by atoms with Crippen molar-refractivity contribution < 1.29 is 4.79 Å². The fourth-order valence-electron chi connectivity index (χ4n) is 3.91. The summed E-state index contributed by atoms with van der Waals surface area (Å²) in [5.74, 6) is 0.0350. The summed E-state index contributed by atoms with van der Waals surface area (Å²) in [5.41, 5.74) is 2.78. The summed E-state index contributed by atoms with van der Waals surface area (Å²) in [6.45, 7) is 3.18. The van der Waals surface area contributed by atoms with E-state index < -0.39 is 0 Å². The van der Waals surface area contributed by atoms with Crippen molar-refractivity contribution in [2.75, 3.05) is 36.4 Å². The maximum absolute atomic E-state index is 12.8. The van der Waals surface area contributed by atoms with Crippen LogP contribution in [0.5, 0.6) is 0 Å². The van der Waals surface area contributed by atoms with E-state index >= 15 is 0 Å². The molecule has 2 aliphatic rings. The van der Waals surface area contributed by atoms with Crippen molar-refractivity contribution in [1.82, 2.24) is 9.88 Å². The van der Waals surface area contributed by atoms with E-state index in [9.17, 15) is 4.79 Å². The van der Waals surface area contributed by atoms with Crippen LogP contribution in [0.3, 0.4) is 0 Å². The number of para-hydroxylation sites is 1. The zero-order valence-electron chi connectivity index (χ0n) is 15.1. The Morgan fingerprint density at radius 1 is 1.00 bits per heavy atom. The number of piperazine rings is 1. The summed E-state index contributed by atoms with van der Waals surface area (Å²) in [5, 5.41) is 3.55. The number of benzene rings is 1. The monoisotopic (exact) mass is 350 g/mol. The molecule has 136 valence electrons. The van der Waals surface area contributed by atoms with Crippen molar-refractivity contribution >= 4 is 17.3 Å². The van der Waals surface area contributed by atoms with E-state index in [1.807, 2.05) is 23.1 Å². The average molecular weight is 350 g/mol. The number of carbonyl (C=O) groups excluding carboxylic acids is 1. The normalized spacial score (nSPS) is 18.2. The molecule has 26 heavy (non-hydrogen) atoms. The lowest BCUT2D eigenvalue weighted by molar-refractivity contribution is 0.0741. The standard InChI is InChI=1S/C21H26N4O/c26-21(20-16-18(10-11-22-20)23-17-6-4-5-7-17)25-14-12-24(13-15-25)19-8-2-1-3-9-19/h1-3,8-11,16-17H,4-7,12-15H2,(H,22,23). The van der Waals surface area contributed by atoms with Gasteiger partial charge in [-0.1, -0.05) is 31.0 Å². The topological polar surface area (TPSA) is 48.5 Å². The molecule has 1 saturated heterocycles. The molecule has 5 nitrogen and oxygen atoms in total. The molecule has 0 spiro atoms. The maximum atomic E-state index is 12.8. The van der Waals surface area contributed by atoms with Crippen LogP contribution in [0.25, 0.3) is 0 Å². The number of carbonyl (C=O) groups is 1. The molecule has 0 radical (unpaired) electrons. The predicted octanol–water partition coefficient (Wildman–Crippen LogP) is 3.40. The van der Waals surface area contributed by atoms with Crippen LogP contribution >= 0.6 is 0 Å². The Morgan fingerprint density at radius 2 is 1.73 bits per heavy atom. The van der Waals surface area contributed by atoms with Crippen molar-refractivity contribution in [3.05, 3.63) is 54.4 Å². The molecule has 0 atom stereocenters. The minimum Gasteiger partial charge on any atom is -0.382 e. The van der Waals surface area contributed by atoms with Gasteiger partial charge in [-0.3, -0.25) is 9.78 Å². The number of amides is 1. The number of pyridine rings is 1. The van der Waals surface area contributed by atoms with Gasteiger partial charge in [-0.25, -0.2) is 0 Å². The van der Waals surface area contributed by atoms with E-state index in [0.29, 0.717) is 11.7 Å². The summed E-state index contributed by atoms with van der Waals surface area (Å²) in [4.78, 5) is 21.4. The van der Waals surface area contributed by atoms with E-state index in [4.69, 9.17) is 0 Å². The molecule has 5 heteroatoms. The smallest absolute Gasteiger partial charge is 0.272 e. The average Bonchev–Trinajstić information content (AvgIpc) is 3.21. The quantitative estimate of drug-likeness (QED) is 0.918. The van der Waals surface area contributed by atoms with Gasteiger partial charge in [0.25, 0.3) is 5.91 Å². The molecule has 1 aliphatic carbocycles. The molecule has 1 aromatic carbocycles. The SMILES string of the molecule is O=C(c1cc(NC2CCCC2)ccn1)N1CCN(c2ccccc2)CC1. The highest BCUT2D eigenvalue weighted by atomic mass is 16.2. The molecule has 1 aliphatic heterocycles. The fraction of sp³-hybridized carbons (Fsp3) is 0.429. The lowest BCUT2D eigenvalue weighted by atomic mass is 10.2. The number of anilines is 2. The third-order valence-electron chi connectivity index (χ3n) is 5.39. The highest BCUT2D eigenvalue weighted by Crippen LogP contribution is 2.23. The second kappa shape index (κ2) is 7.77. The largest absolute Gasteiger partial charge is 0.382 e.